The van der Waals surface area contributed by atoms with Crippen molar-refractivity contribution < 1.29 is 18.7 Å². The topological polar surface area (TPSA) is 81.8 Å². The number of urea groups is 1. The monoisotopic (exact) mass is 410 g/mol. The maximum absolute atomic E-state index is 13.7. The molecule has 7 nitrogen and oxygen atoms in total. The number of anilines is 1. The molecule has 0 unspecified atom stereocenters. The van der Waals surface area contributed by atoms with Crippen LogP contribution in [0.5, 0.6) is 5.75 Å². The second-order valence-electron chi connectivity index (χ2n) is 7.17. The Hall–Kier alpha value is -3.55. The second-order valence-corrected chi connectivity index (χ2v) is 7.17. The average Bonchev–Trinajstić information content (AvgIpc) is 3.19. The van der Waals surface area contributed by atoms with Crippen molar-refractivity contribution in [3.05, 3.63) is 65.9 Å². The van der Waals surface area contributed by atoms with Gasteiger partial charge in [0.2, 0.25) is 0 Å². The molecule has 30 heavy (non-hydrogen) atoms. The van der Waals surface area contributed by atoms with Gasteiger partial charge in [0.15, 0.2) is 11.7 Å². The van der Waals surface area contributed by atoms with Crippen molar-refractivity contribution >= 4 is 11.7 Å². The molecule has 2 N–H and O–H groups in total. The molecule has 0 radical (unpaired) electrons. The molecular formula is C22H23FN4O3. The van der Waals surface area contributed by atoms with Crippen LogP contribution in [0.2, 0.25) is 0 Å². The fourth-order valence-electron chi connectivity index (χ4n) is 3.50. The normalized spacial score (nSPS) is 14.1. The number of benzene rings is 2. The SMILES string of the molecule is Cc1ncc(-c2ccc(N3CCN(C(=O)NCc4ccccc4F)CC3)cc2O)o1. The van der Waals surface area contributed by atoms with E-state index in [9.17, 15) is 14.3 Å². The van der Waals surface area contributed by atoms with Crippen LogP contribution in [0, 0.1) is 12.7 Å². The van der Waals surface area contributed by atoms with Crippen molar-refractivity contribution in [3.8, 4) is 17.1 Å². The number of aromatic hydroxyl groups is 1. The third-order valence-corrected chi connectivity index (χ3v) is 5.19. The lowest BCUT2D eigenvalue weighted by Crippen LogP contribution is -2.51. The summed E-state index contributed by atoms with van der Waals surface area (Å²) < 4.78 is 19.2. The van der Waals surface area contributed by atoms with Crippen LogP contribution in [0.1, 0.15) is 11.5 Å². The minimum absolute atomic E-state index is 0.119. The maximum atomic E-state index is 13.7. The Morgan fingerprint density at radius 3 is 2.63 bits per heavy atom. The predicted octanol–water partition coefficient (Wildman–Crippen LogP) is 3.53. The summed E-state index contributed by atoms with van der Waals surface area (Å²) in [7, 11) is 0. The van der Waals surface area contributed by atoms with Crippen molar-refractivity contribution in [2.75, 3.05) is 31.1 Å². The molecule has 1 aromatic heterocycles. The van der Waals surface area contributed by atoms with E-state index in [2.05, 4.69) is 15.2 Å². The molecule has 1 aliphatic rings. The van der Waals surface area contributed by atoms with Gasteiger partial charge in [0.05, 0.1) is 11.8 Å². The first-order valence-corrected chi connectivity index (χ1v) is 9.78. The molecule has 0 bridgehead atoms. The Kier molecular flexibility index (Phi) is 5.56. The van der Waals surface area contributed by atoms with E-state index in [4.69, 9.17) is 4.42 Å². The van der Waals surface area contributed by atoms with E-state index in [1.54, 1.807) is 48.4 Å². The number of nitrogens with zero attached hydrogens (tertiary/aromatic N) is 3. The minimum atomic E-state index is -0.327. The van der Waals surface area contributed by atoms with Gasteiger partial charge in [-0.15, -0.1) is 0 Å². The highest BCUT2D eigenvalue weighted by molar-refractivity contribution is 5.75. The number of phenolic OH excluding ortho intramolecular Hbond substituents is 1. The summed E-state index contributed by atoms with van der Waals surface area (Å²) in [5.41, 5.74) is 1.92. The zero-order chi connectivity index (χ0) is 21.1. The number of aromatic nitrogens is 1. The first-order valence-electron chi connectivity index (χ1n) is 9.78. The number of phenols is 1. The van der Waals surface area contributed by atoms with Gasteiger partial charge in [-0.05, 0) is 18.2 Å². The molecule has 0 spiro atoms. The van der Waals surface area contributed by atoms with Gasteiger partial charge in [-0.3, -0.25) is 0 Å². The van der Waals surface area contributed by atoms with E-state index < -0.39 is 0 Å². The van der Waals surface area contributed by atoms with Gasteiger partial charge in [-0.1, -0.05) is 18.2 Å². The van der Waals surface area contributed by atoms with Gasteiger partial charge in [-0.25, -0.2) is 14.2 Å². The van der Waals surface area contributed by atoms with Gasteiger partial charge in [0.1, 0.15) is 11.6 Å². The van der Waals surface area contributed by atoms with E-state index >= 15 is 0 Å². The van der Waals surface area contributed by atoms with Crippen LogP contribution in [-0.4, -0.2) is 47.2 Å². The van der Waals surface area contributed by atoms with Crippen LogP contribution >= 0.6 is 0 Å². The summed E-state index contributed by atoms with van der Waals surface area (Å²) in [6, 6.07) is 11.6. The van der Waals surface area contributed by atoms with Crippen LogP contribution in [-0.2, 0) is 6.54 Å². The minimum Gasteiger partial charge on any atom is -0.507 e. The Morgan fingerprint density at radius 1 is 1.20 bits per heavy atom. The lowest BCUT2D eigenvalue weighted by atomic mass is 10.1. The molecule has 2 amide bonds. The number of nitrogens with one attached hydrogen (secondary N) is 1. The van der Waals surface area contributed by atoms with Gasteiger partial charge < -0.3 is 24.6 Å². The summed E-state index contributed by atoms with van der Waals surface area (Å²) in [5.74, 6) is 0.853. The Labute approximate surface area is 173 Å². The van der Waals surface area contributed by atoms with Gasteiger partial charge in [0.25, 0.3) is 0 Å². The van der Waals surface area contributed by atoms with Crippen LogP contribution in [0.15, 0.2) is 53.1 Å². The smallest absolute Gasteiger partial charge is 0.317 e. The molecule has 3 aromatic rings. The predicted molar refractivity (Wildman–Crippen MR) is 111 cm³/mol. The number of rotatable bonds is 4. The molecule has 0 saturated carbocycles. The molecule has 0 aliphatic carbocycles. The molecule has 0 atom stereocenters. The fourth-order valence-corrected chi connectivity index (χ4v) is 3.50. The number of carbonyl (C=O) groups is 1. The molecular weight excluding hydrogens is 387 g/mol. The number of halogens is 1. The van der Waals surface area contributed by atoms with Crippen molar-refractivity contribution in [3.63, 3.8) is 0 Å². The highest BCUT2D eigenvalue weighted by Gasteiger charge is 2.22. The molecule has 2 heterocycles. The van der Waals surface area contributed by atoms with Gasteiger partial charge in [-0.2, -0.15) is 0 Å². The number of oxazole rings is 1. The highest BCUT2D eigenvalue weighted by Crippen LogP contribution is 2.33. The highest BCUT2D eigenvalue weighted by atomic mass is 19.1. The Morgan fingerprint density at radius 2 is 1.97 bits per heavy atom. The zero-order valence-corrected chi connectivity index (χ0v) is 16.6. The van der Waals surface area contributed by atoms with E-state index in [-0.39, 0.29) is 24.1 Å². The van der Waals surface area contributed by atoms with Gasteiger partial charge in [0, 0.05) is 57.0 Å². The maximum Gasteiger partial charge on any atom is 0.317 e. The van der Waals surface area contributed by atoms with E-state index in [1.807, 2.05) is 6.07 Å². The molecule has 4 rings (SSSR count). The lowest BCUT2D eigenvalue weighted by molar-refractivity contribution is 0.194. The van der Waals surface area contributed by atoms with Crippen molar-refractivity contribution in [1.29, 1.82) is 0 Å². The Balaban J connectivity index is 1.33. The third-order valence-electron chi connectivity index (χ3n) is 5.19. The first kappa shape index (κ1) is 19.8. The van der Waals surface area contributed by atoms with E-state index in [0.717, 1.165) is 5.69 Å². The van der Waals surface area contributed by atoms with Crippen LogP contribution in [0.4, 0.5) is 14.9 Å². The van der Waals surface area contributed by atoms with Crippen molar-refractivity contribution in [1.82, 2.24) is 15.2 Å². The number of amides is 2. The molecule has 156 valence electrons. The van der Waals surface area contributed by atoms with Gasteiger partial charge >= 0.3 is 6.03 Å². The second kappa shape index (κ2) is 8.44. The van der Waals surface area contributed by atoms with E-state index in [1.165, 1.54) is 6.07 Å². The fraction of sp³-hybridized carbons (Fsp3) is 0.273. The molecule has 1 fully saturated rings. The van der Waals surface area contributed by atoms with Crippen molar-refractivity contribution in [2.24, 2.45) is 0 Å². The summed E-state index contributed by atoms with van der Waals surface area (Å²) in [4.78, 5) is 20.3. The summed E-state index contributed by atoms with van der Waals surface area (Å²) >= 11 is 0. The van der Waals surface area contributed by atoms with Crippen LogP contribution in [0.3, 0.4) is 0 Å². The Bertz CT molecular complexity index is 1040. The summed E-state index contributed by atoms with van der Waals surface area (Å²) in [6.45, 7) is 4.24. The third kappa shape index (κ3) is 4.22. The number of hydrogen-bond acceptors (Lipinski definition) is 5. The molecule has 8 heteroatoms. The largest absolute Gasteiger partial charge is 0.507 e. The van der Waals surface area contributed by atoms with Crippen LogP contribution in [0.25, 0.3) is 11.3 Å². The number of carbonyl (C=O) groups excluding carboxylic acids is 1. The zero-order valence-electron chi connectivity index (χ0n) is 16.6. The standard InChI is InChI=1S/C22H23FN4O3/c1-15-24-14-21(30-15)18-7-6-17(12-20(18)28)26-8-10-27(11-9-26)22(29)25-13-16-4-2-3-5-19(16)23/h2-7,12,14,28H,8-11,13H2,1H3,(H,25,29). The molecule has 1 saturated heterocycles. The van der Waals surface area contributed by atoms with E-state index in [0.29, 0.717) is 49.0 Å². The molecule has 2 aromatic carbocycles. The number of aryl methyl sites for hydroxylation is 1. The average molecular weight is 410 g/mol. The summed E-state index contributed by atoms with van der Waals surface area (Å²) in [5, 5.41) is 13.2. The number of hydrogen-bond donors (Lipinski definition) is 2. The number of piperazine rings is 1. The lowest BCUT2D eigenvalue weighted by Gasteiger charge is -2.36. The van der Waals surface area contributed by atoms with Crippen LogP contribution < -0.4 is 10.2 Å². The van der Waals surface area contributed by atoms with Crippen molar-refractivity contribution in [2.45, 2.75) is 13.5 Å². The molecule has 1 aliphatic heterocycles. The summed E-state index contributed by atoms with van der Waals surface area (Å²) in [6.07, 6.45) is 1.59. The first-order chi connectivity index (χ1) is 14.5. The quantitative estimate of drug-likeness (QED) is 0.688.